The molecular weight excluding hydrogens is 791 g/mol. The molecule has 0 aliphatic carbocycles. The van der Waals surface area contributed by atoms with Crippen molar-refractivity contribution in [3.8, 4) is 34.5 Å². The summed E-state index contributed by atoms with van der Waals surface area (Å²) in [5.74, 6) is -8.13. The molecule has 1 aliphatic rings. The fraction of sp³-hybridized carbons (Fsp3) is 0.425. The minimum absolute atomic E-state index is 0.0319. The van der Waals surface area contributed by atoms with Gasteiger partial charge in [-0.1, -0.05) is 0 Å². The molecule has 0 radical (unpaired) electrons. The molecule has 0 fully saturated rings. The molecule has 7 N–H and O–H groups in total. The second-order valence-electron chi connectivity index (χ2n) is 14.2. The summed E-state index contributed by atoms with van der Waals surface area (Å²) in [4.78, 5) is 65.6. The number of hydrogen-bond donors (Lipinski definition) is 7. The number of ether oxygens (including phenoxy) is 5. The van der Waals surface area contributed by atoms with Gasteiger partial charge in [-0.25, -0.2) is 14.4 Å². The molecule has 3 aromatic carbocycles. The number of benzene rings is 3. The van der Waals surface area contributed by atoms with Crippen LogP contribution in [0.25, 0.3) is 0 Å². The lowest BCUT2D eigenvalue weighted by molar-refractivity contribution is -0.151. The second-order valence-corrected chi connectivity index (χ2v) is 14.2. The summed E-state index contributed by atoms with van der Waals surface area (Å²) in [6.07, 6.45) is -8.40. The number of cyclic esters (lactones) is 5. The van der Waals surface area contributed by atoms with Crippen LogP contribution in [0.4, 0.5) is 0 Å². The molecule has 17 nitrogen and oxygen atoms in total. The van der Waals surface area contributed by atoms with Crippen molar-refractivity contribution < 1.29 is 83.4 Å². The number of aromatic hydroxyl groups is 6. The Kier molecular flexibility index (Phi) is 14.2. The van der Waals surface area contributed by atoms with E-state index in [1.54, 1.807) is 0 Å². The van der Waals surface area contributed by atoms with E-state index < -0.39 is 119 Å². The first kappa shape index (κ1) is 43.5. The summed E-state index contributed by atoms with van der Waals surface area (Å²) < 4.78 is 27.2. The lowest BCUT2D eigenvalue weighted by Gasteiger charge is -2.22. The third-order valence-electron chi connectivity index (χ3n) is 8.74. The predicted molar refractivity (Wildman–Crippen MR) is 196 cm³/mol. The number of fused-ring (bicyclic) bond motifs is 3. The predicted octanol–water partition coefficient (Wildman–Crippen LogP) is 3.99. The maximum atomic E-state index is 13.3. The molecule has 0 amide bonds. The highest BCUT2D eigenvalue weighted by Crippen LogP contribution is 2.33. The number of rotatable bonds is 0. The minimum Gasteiger partial charge on any atom is -0.508 e. The van der Waals surface area contributed by atoms with E-state index >= 15 is 0 Å². The molecule has 3 aromatic rings. The molecule has 0 bridgehead atoms. The fourth-order valence-corrected chi connectivity index (χ4v) is 6.49. The Bertz CT molecular complexity index is 2010. The Morgan fingerprint density at radius 2 is 0.719 bits per heavy atom. The number of carbonyl (C=O) groups is 5. The molecule has 1 aliphatic heterocycles. The Labute approximate surface area is 327 Å². The van der Waals surface area contributed by atoms with Crippen LogP contribution < -0.4 is 0 Å². The molecule has 17 heteroatoms. The van der Waals surface area contributed by atoms with Gasteiger partial charge < -0.3 is 59.4 Å². The fourth-order valence-electron chi connectivity index (χ4n) is 6.49. The van der Waals surface area contributed by atoms with Gasteiger partial charge in [-0.2, -0.15) is 0 Å². The lowest BCUT2D eigenvalue weighted by Crippen LogP contribution is -2.27. The number of aliphatic hydroxyl groups is 1. The van der Waals surface area contributed by atoms with E-state index in [9.17, 15) is 59.7 Å². The Morgan fingerprint density at radius 1 is 0.421 bits per heavy atom. The van der Waals surface area contributed by atoms with Crippen molar-refractivity contribution in [1.82, 2.24) is 0 Å². The molecule has 0 spiro atoms. The van der Waals surface area contributed by atoms with Crippen LogP contribution in [0.5, 0.6) is 34.5 Å². The number of phenolic OH excluding ortho intramolecular Hbond substituents is 6. The maximum absolute atomic E-state index is 13.3. The Balaban J connectivity index is 1.66. The highest BCUT2D eigenvalue weighted by atomic mass is 16.7. The smallest absolute Gasteiger partial charge is 0.342 e. The van der Waals surface area contributed by atoms with Gasteiger partial charge in [0.15, 0.2) is 0 Å². The largest absolute Gasteiger partial charge is 0.508 e. The summed E-state index contributed by atoms with van der Waals surface area (Å²) in [6, 6.07) is 6.14. The zero-order chi connectivity index (χ0) is 42.3. The molecule has 308 valence electrons. The summed E-state index contributed by atoms with van der Waals surface area (Å²) in [7, 11) is 0. The van der Waals surface area contributed by atoms with Crippen LogP contribution >= 0.6 is 0 Å². The van der Waals surface area contributed by atoms with Gasteiger partial charge in [-0.15, -0.1) is 0 Å². The zero-order valence-corrected chi connectivity index (χ0v) is 31.9. The minimum atomic E-state index is -1.33. The average molecular weight is 837 g/mol. The third kappa shape index (κ3) is 11.9. The first-order chi connectivity index (χ1) is 26.7. The lowest BCUT2D eigenvalue weighted by atomic mass is 10.9. The van der Waals surface area contributed by atoms with Gasteiger partial charge >= 0.3 is 29.8 Å². The monoisotopic (exact) mass is 837 g/mol. The van der Waals surface area contributed by atoms with Gasteiger partial charge in [0, 0.05) is 37.5 Å². The van der Waals surface area contributed by atoms with E-state index in [1.165, 1.54) is 40.7 Å². The summed E-state index contributed by atoms with van der Waals surface area (Å²) in [6.45, 7) is 7.15. The van der Waals surface area contributed by atoms with Crippen molar-refractivity contribution in [3.05, 3.63) is 69.8 Å². The van der Waals surface area contributed by atoms with Gasteiger partial charge in [0.1, 0.15) is 81.7 Å². The molecule has 4 rings (SSSR count). The van der Waals surface area contributed by atoms with Crippen molar-refractivity contribution in [1.29, 1.82) is 0 Å². The van der Waals surface area contributed by atoms with Gasteiger partial charge in [0.25, 0.3) is 0 Å². The van der Waals surface area contributed by atoms with Crippen molar-refractivity contribution in [2.24, 2.45) is 0 Å². The van der Waals surface area contributed by atoms with Gasteiger partial charge in [0.05, 0.1) is 18.9 Å². The van der Waals surface area contributed by atoms with Crippen LogP contribution in [0, 0.1) is 0 Å². The molecular formula is C40H46O17. The highest BCUT2D eigenvalue weighted by molar-refractivity contribution is 5.96. The number of carbonyl (C=O) groups excluding carboxylic acids is 5. The van der Waals surface area contributed by atoms with Crippen LogP contribution in [0.2, 0.25) is 0 Å². The van der Waals surface area contributed by atoms with Crippen LogP contribution in [0.1, 0.15) is 102 Å². The second kappa shape index (κ2) is 18.6. The van der Waals surface area contributed by atoms with Crippen molar-refractivity contribution in [3.63, 3.8) is 0 Å². The number of phenols is 6. The molecule has 0 aromatic heterocycles. The van der Waals surface area contributed by atoms with E-state index in [1.807, 2.05) is 0 Å². The van der Waals surface area contributed by atoms with E-state index in [4.69, 9.17) is 23.7 Å². The van der Waals surface area contributed by atoms with Gasteiger partial charge in [-0.05, 0) is 75.9 Å². The number of hydrogen-bond acceptors (Lipinski definition) is 17. The molecule has 0 unspecified atom stereocenters. The van der Waals surface area contributed by atoms with E-state index in [2.05, 4.69) is 0 Å². The highest BCUT2D eigenvalue weighted by Gasteiger charge is 2.29. The molecule has 6 atom stereocenters. The maximum Gasteiger partial charge on any atom is 0.342 e. The van der Waals surface area contributed by atoms with E-state index in [0.717, 1.165) is 30.3 Å². The SMILES string of the molecule is C[13C@@H]1[13CH2][13C@@H](O)[13CH2][13c]2[13cH][13c](O)[13cH][13c](O)[13c]2[13C](=O)O[13C@H]([13CH3])[13CH2][13C](=O)O[13C@H]([13CH3])[13CH2][13c]2[13cH][13c](O)[13cH][13c](O)[13c]2[13C](=O)O[13C@H]([13CH3])[13CH2][13C](=O)O[13C@H]([13CH3])[13CH2][13c]2[13cH][13c](O)[13cH][13c](O)[13c]2[13C](=O)O1. The first-order valence-electron chi connectivity index (χ1n) is 18.0. The summed E-state index contributed by atoms with van der Waals surface area (Å²) in [5, 5.41) is 73.3. The van der Waals surface area contributed by atoms with E-state index in [-0.39, 0.29) is 53.5 Å². The summed E-state index contributed by atoms with van der Waals surface area (Å²) >= 11 is 0. The average Bonchev–Trinajstić information content (AvgIpc) is 3.02. The quantitative estimate of drug-likeness (QED) is 0.0958. The van der Waals surface area contributed by atoms with Crippen LogP contribution in [-0.2, 0) is 52.5 Å². The van der Waals surface area contributed by atoms with Crippen LogP contribution in [0.15, 0.2) is 36.4 Å². The topological polar surface area (TPSA) is 273 Å². The van der Waals surface area contributed by atoms with Crippen LogP contribution in [0.3, 0.4) is 0 Å². The Hall–Kier alpha value is -6.23. The van der Waals surface area contributed by atoms with Gasteiger partial charge in [0.2, 0.25) is 0 Å². The Morgan fingerprint density at radius 3 is 1.07 bits per heavy atom. The first-order valence-corrected chi connectivity index (χ1v) is 18.0. The van der Waals surface area contributed by atoms with Crippen molar-refractivity contribution >= 4 is 29.8 Å². The third-order valence-corrected chi connectivity index (χ3v) is 8.74. The normalized spacial score (nSPS) is 23.8. The molecule has 1 heterocycles. The zero-order valence-electron chi connectivity index (χ0n) is 31.9. The van der Waals surface area contributed by atoms with Crippen LogP contribution in [-0.4, -0.2) is 102 Å². The van der Waals surface area contributed by atoms with Gasteiger partial charge in [-0.3, -0.25) is 9.59 Å². The van der Waals surface area contributed by atoms with Crippen molar-refractivity contribution in [2.75, 3.05) is 0 Å². The van der Waals surface area contributed by atoms with Crippen molar-refractivity contribution in [2.45, 2.75) is 110 Å². The van der Waals surface area contributed by atoms with E-state index in [0.29, 0.717) is 0 Å². The number of aliphatic hydroxyl groups excluding tert-OH is 1. The molecule has 57 heavy (non-hydrogen) atoms. The summed E-state index contributed by atoms with van der Waals surface area (Å²) in [5.41, 5.74) is -1.10. The molecule has 0 saturated carbocycles. The number of esters is 5. The molecule has 0 saturated heterocycles. The standard InChI is InChI=1S/C40H46O17/c1-18-6-23-11-27(42)15-30(45)35(23)38(50)55-20(3)8-26(41)13-25-14-29(44)17-32(47)37(25)40(52)57-22(5)10-34(49)54-19(2)7-24-12-28(43)16-31(46)36(24)39(51)56-21(4)9-33(48)53-18/h11-12,14-22,26,41-47H,6-10,13H2,1-5H3/t18-,19-,20-,21-,22-,26-/m1/s1/i1+1,2+1,4+1,5+1,6+1,7+1,8+1,9+1,10+1,11+1,12+1,13+1,14+1,15+1,16+1,17+1,18+1,19+1,20+1,21+1,22+1,23+1,24+1,25+1,26+1,27+1,28+1,29+1,30+1,31+1,32+1,33+1,34+1,35+1,36+1,37+1,38+1,39+1,40+1.